The molecule has 0 aromatic heterocycles. The van der Waals surface area contributed by atoms with E-state index >= 15 is 0 Å². The molecule has 3 aromatic rings. The predicted octanol–water partition coefficient (Wildman–Crippen LogP) is 4.18. The second-order valence-corrected chi connectivity index (χ2v) is 6.67. The second-order valence-electron chi connectivity index (χ2n) is 6.67. The van der Waals surface area contributed by atoms with E-state index in [1.165, 1.54) is 0 Å². The van der Waals surface area contributed by atoms with Crippen molar-refractivity contribution in [1.29, 1.82) is 5.26 Å². The van der Waals surface area contributed by atoms with Crippen LogP contribution in [-0.4, -0.2) is 23.3 Å². The average molecular weight is 344 g/mol. The molecule has 0 amide bonds. The lowest BCUT2D eigenvalue weighted by molar-refractivity contribution is 0.275. The van der Waals surface area contributed by atoms with Gasteiger partial charge in [-0.3, -0.25) is 0 Å². The molecule has 130 valence electrons. The fraction of sp³-hybridized carbons (Fsp3) is 0.227. The highest BCUT2D eigenvalue weighted by atomic mass is 16.3. The van der Waals surface area contributed by atoms with Gasteiger partial charge in [-0.15, -0.1) is 0 Å². The van der Waals surface area contributed by atoms with Gasteiger partial charge < -0.3 is 15.1 Å². The van der Waals surface area contributed by atoms with Gasteiger partial charge in [0.25, 0.3) is 0 Å². The molecule has 0 aliphatic carbocycles. The predicted molar refractivity (Wildman–Crippen MR) is 103 cm³/mol. The number of aliphatic hydroxyl groups is 1. The highest BCUT2D eigenvalue weighted by Gasteiger charge is 2.23. The molecule has 0 spiro atoms. The second kappa shape index (κ2) is 6.70. The lowest BCUT2D eigenvalue weighted by atomic mass is 9.94. The molecule has 2 N–H and O–H groups in total. The van der Waals surface area contributed by atoms with Gasteiger partial charge >= 0.3 is 0 Å². The lowest BCUT2D eigenvalue weighted by Gasteiger charge is -2.23. The number of aromatic hydroxyl groups is 1. The van der Waals surface area contributed by atoms with Crippen molar-refractivity contribution >= 4 is 16.5 Å². The summed E-state index contributed by atoms with van der Waals surface area (Å²) in [5.74, 6) is -0.0118. The van der Waals surface area contributed by atoms with Crippen LogP contribution >= 0.6 is 0 Å². The minimum Gasteiger partial charge on any atom is -0.507 e. The molecule has 1 saturated heterocycles. The largest absolute Gasteiger partial charge is 0.507 e. The Bertz CT molecular complexity index is 1010. The Morgan fingerprint density at radius 1 is 1.00 bits per heavy atom. The average Bonchev–Trinajstić information content (AvgIpc) is 3.21. The standard InChI is InChI=1S/C22H20N2O2/c23-13-19-20(14-25)22(26)18(12-21(19)24-9-3-4-10-24)17-8-7-15-5-1-2-6-16(15)11-17/h1-2,5-8,11-12,25-26H,3-4,9-10,14H2. The van der Waals surface area contributed by atoms with Gasteiger partial charge in [-0.1, -0.05) is 36.4 Å². The third-order valence-corrected chi connectivity index (χ3v) is 5.16. The molecule has 4 heteroatoms. The number of hydrogen-bond acceptors (Lipinski definition) is 4. The minimum absolute atomic E-state index is 0.0118. The van der Waals surface area contributed by atoms with E-state index in [0.717, 1.165) is 48.0 Å². The zero-order chi connectivity index (χ0) is 18.1. The van der Waals surface area contributed by atoms with Crippen LogP contribution in [0.3, 0.4) is 0 Å². The number of phenols is 1. The summed E-state index contributed by atoms with van der Waals surface area (Å²) in [7, 11) is 0. The van der Waals surface area contributed by atoms with Crippen LogP contribution in [0.5, 0.6) is 5.75 Å². The van der Waals surface area contributed by atoms with Crippen LogP contribution in [0.25, 0.3) is 21.9 Å². The van der Waals surface area contributed by atoms with Crippen molar-refractivity contribution in [2.75, 3.05) is 18.0 Å². The molecule has 1 aliphatic heterocycles. The van der Waals surface area contributed by atoms with Gasteiger partial charge in [0, 0.05) is 24.2 Å². The minimum atomic E-state index is -0.364. The summed E-state index contributed by atoms with van der Waals surface area (Å²) in [6.07, 6.45) is 2.18. The van der Waals surface area contributed by atoms with Gasteiger partial charge in [-0.25, -0.2) is 0 Å². The van der Waals surface area contributed by atoms with Crippen LogP contribution in [0, 0.1) is 11.3 Å². The molecule has 1 aliphatic rings. The monoisotopic (exact) mass is 344 g/mol. The molecule has 4 nitrogen and oxygen atoms in total. The van der Waals surface area contributed by atoms with Crippen molar-refractivity contribution in [2.24, 2.45) is 0 Å². The summed E-state index contributed by atoms with van der Waals surface area (Å²) in [5.41, 5.74) is 3.01. The SMILES string of the molecule is N#Cc1c(N2CCCC2)cc(-c2ccc3ccccc3c2)c(O)c1CO. The van der Waals surface area contributed by atoms with Crippen LogP contribution in [0.15, 0.2) is 48.5 Å². The first-order chi connectivity index (χ1) is 12.7. The number of nitrogens with zero attached hydrogens (tertiary/aromatic N) is 2. The number of nitriles is 1. The smallest absolute Gasteiger partial charge is 0.130 e. The van der Waals surface area contributed by atoms with Crippen LogP contribution in [0.4, 0.5) is 5.69 Å². The molecule has 1 fully saturated rings. The van der Waals surface area contributed by atoms with Crippen LogP contribution < -0.4 is 4.90 Å². The first-order valence-electron chi connectivity index (χ1n) is 8.87. The molecule has 0 bridgehead atoms. The van der Waals surface area contributed by atoms with Crippen LogP contribution in [0.2, 0.25) is 0 Å². The van der Waals surface area contributed by atoms with Crippen molar-refractivity contribution in [3.05, 3.63) is 59.7 Å². The van der Waals surface area contributed by atoms with Gasteiger partial charge in [-0.2, -0.15) is 5.26 Å². The molecule has 0 radical (unpaired) electrons. The van der Waals surface area contributed by atoms with Gasteiger partial charge in [0.15, 0.2) is 0 Å². The Kier molecular flexibility index (Phi) is 4.24. The molecule has 0 saturated carbocycles. The van der Waals surface area contributed by atoms with Crippen molar-refractivity contribution in [2.45, 2.75) is 19.4 Å². The summed E-state index contributed by atoms with van der Waals surface area (Å²) < 4.78 is 0. The van der Waals surface area contributed by atoms with E-state index in [-0.39, 0.29) is 12.4 Å². The summed E-state index contributed by atoms with van der Waals surface area (Å²) in [6.45, 7) is 1.42. The zero-order valence-corrected chi connectivity index (χ0v) is 14.4. The van der Waals surface area contributed by atoms with Gasteiger partial charge in [0.05, 0.1) is 17.9 Å². The van der Waals surface area contributed by atoms with Gasteiger partial charge in [-0.05, 0) is 41.3 Å². The highest BCUT2D eigenvalue weighted by Crippen LogP contribution is 2.41. The number of rotatable bonds is 3. The first kappa shape index (κ1) is 16.4. The third kappa shape index (κ3) is 2.67. The maximum Gasteiger partial charge on any atom is 0.130 e. The topological polar surface area (TPSA) is 67.5 Å². The van der Waals surface area contributed by atoms with Gasteiger partial charge in [0.1, 0.15) is 11.8 Å². The number of benzene rings is 3. The maximum atomic E-state index is 10.8. The van der Waals surface area contributed by atoms with E-state index in [9.17, 15) is 15.5 Å². The lowest BCUT2D eigenvalue weighted by Crippen LogP contribution is -2.19. The van der Waals surface area contributed by atoms with E-state index in [1.807, 2.05) is 48.5 Å². The van der Waals surface area contributed by atoms with Crippen LogP contribution in [0.1, 0.15) is 24.0 Å². The first-order valence-corrected chi connectivity index (χ1v) is 8.87. The Balaban J connectivity index is 1.94. The molecule has 0 unspecified atom stereocenters. The number of fused-ring (bicyclic) bond motifs is 1. The molecule has 4 rings (SSSR count). The highest BCUT2D eigenvalue weighted by molar-refractivity contribution is 5.90. The van der Waals surface area contributed by atoms with E-state index < -0.39 is 0 Å². The van der Waals surface area contributed by atoms with E-state index in [2.05, 4.69) is 11.0 Å². The summed E-state index contributed by atoms with van der Waals surface area (Å²) in [4.78, 5) is 2.17. The van der Waals surface area contributed by atoms with E-state index in [0.29, 0.717) is 16.7 Å². The van der Waals surface area contributed by atoms with E-state index in [1.54, 1.807) is 0 Å². The van der Waals surface area contributed by atoms with Crippen molar-refractivity contribution < 1.29 is 10.2 Å². The molecular weight excluding hydrogens is 324 g/mol. The molecule has 0 atom stereocenters. The fourth-order valence-electron chi connectivity index (χ4n) is 3.78. The Morgan fingerprint density at radius 3 is 2.42 bits per heavy atom. The number of anilines is 1. The maximum absolute atomic E-state index is 10.8. The zero-order valence-electron chi connectivity index (χ0n) is 14.4. The summed E-state index contributed by atoms with van der Waals surface area (Å²) in [5, 5.41) is 32.4. The van der Waals surface area contributed by atoms with Crippen molar-refractivity contribution in [3.63, 3.8) is 0 Å². The van der Waals surface area contributed by atoms with Crippen LogP contribution in [-0.2, 0) is 6.61 Å². The van der Waals surface area contributed by atoms with Gasteiger partial charge in [0.2, 0.25) is 0 Å². The number of aliphatic hydroxyl groups excluding tert-OH is 1. The molecule has 3 aromatic carbocycles. The van der Waals surface area contributed by atoms with E-state index in [4.69, 9.17) is 0 Å². The Morgan fingerprint density at radius 2 is 1.73 bits per heavy atom. The quantitative estimate of drug-likeness (QED) is 0.748. The molecule has 26 heavy (non-hydrogen) atoms. The summed E-state index contributed by atoms with van der Waals surface area (Å²) in [6, 6.07) is 18.2. The molecule has 1 heterocycles. The fourth-order valence-corrected chi connectivity index (χ4v) is 3.78. The molecular formula is C22H20N2O2. The summed E-state index contributed by atoms with van der Waals surface area (Å²) >= 11 is 0. The van der Waals surface area contributed by atoms with Crippen molar-refractivity contribution in [1.82, 2.24) is 0 Å². The Hall–Kier alpha value is -3.03. The number of hydrogen-bond donors (Lipinski definition) is 2. The third-order valence-electron chi connectivity index (χ3n) is 5.16. The van der Waals surface area contributed by atoms with Crippen molar-refractivity contribution in [3.8, 4) is 22.9 Å². The normalized spacial score (nSPS) is 13.9. The Labute approximate surface area is 152 Å².